The van der Waals surface area contributed by atoms with Gasteiger partial charge in [-0.2, -0.15) is 11.3 Å². The van der Waals surface area contributed by atoms with Gasteiger partial charge in [0.25, 0.3) is 0 Å². The van der Waals surface area contributed by atoms with Crippen molar-refractivity contribution in [2.45, 2.75) is 13.0 Å². The number of aromatic nitrogens is 1. The molecule has 2 rings (SSSR count). The first-order valence-corrected chi connectivity index (χ1v) is 6.40. The van der Waals surface area contributed by atoms with E-state index in [0.717, 1.165) is 10.3 Å². The van der Waals surface area contributed by atoms with Gasteiger partial charge in [-0.25, -0.2) is 4.98 Å². The van der Waals surface area contributed by atoms with Crippen LogP contribution >= 0.6 is 27.3 Å². The van der Waals surface area contributed by atoms with Crippen molar-refractivity contribution >= 4 is 33.1 Å². The summed E-state index contributed by atoms with van der Waals surface area (Å²) in [5.74, 6) is 0.885. The highest BCUT2D eigenvalue weighted by Crippen LogP contribution is 2.24. The summed E-state index contributed by atoms with van der Waals surface area (Å²) in [5.41, 5.74) is 1.29. The lowest BCUT2D eigenvalue weighted by molar-refractivity contribution is 0.878. The van der Waals surface area contributed by atoms with Crippen LogP contribution in [0.5, 0.6) is 0 Å². The van der Waals surface area contributed by atoms with Crippen molar-refractivity contribution in [2.75, 3.05) is 5.32 Å². The van der Waals surface area contributed by atoms with Crippen LogP contribution in [0, 0.1) is 0 Å². The first-order valence-electron chi connectivity index (χ1n) is 4.66. The number of hydrogen-bond donors (Lipinski definition) is 1. The molecule has 0 amide bonds. The number of nitrogens with one attached hydrogen (secondary N) is 1. The Morgan fingerprint density at radius 2 is 2.33 bits per heavy atom. The third-order valence-electron chi connectivity index (χ3n) is 2.15. The predicted molar refractivity (Wildman–Crippen MR) is 68.3 cm³/mol. The molecule has 1 atom stereocenters. The van der Waals surface area contributed by atoms with E-state index in [9.17, 15) is 0 Å². The van der Waals surface area contributed by atoms with Crippen LogP contribution in [0.25, 0.3) is 0 Å². The fraction of sp³-hybridized carbons (Fsp3) is 0.182. The molecule has 1 N–H and O–H groups in total. The van der Waals surface area contributed by atoms with Crippen LogP contribution < -0.4 is 5.32 Å². The summed E-state index contributed by atoms with van der Waals surface area (Å²) in [6.45, 7) is 2.13. The first kappa shape index (κ1) is 10.6. The Hall–Kier alpha value is -0.870. The Kier molecular flexibility index (Phi) is 3.38. The molecule has 0 fully saturated rings. The summed E-state index contributed by atoms with van der Waals surface area (Å²) in [4.78, 5) is 4.27. The molecule has 0 aliphatic rings. The minimum Gasteiger partial charge on any atom is -0.363 e. The fourth-order valence-electron chi connectivity index (χ4n) is 1.30. The molecule has 0 aliphatic carbocycles. The zero-order valence-electron chi connectivity index (χ0n) is 8.27. The first-order chi connectivity index (χ1) is 7.27. The highest BCUT2D eigenvalue weighted by molar-refractivity contribution is 9.10. The Morgan fingerprint density at radius 3 is 3.00 bits per heavy atom. The second kappa shape index (κ2) is 4.77. The number of nitrogens with zero attached hydrogens (tertiary/aromatic N) is 1. The predicted octanol–water partition coefficient (Wildman–Crippen LogP) is 4.08. The lowest BCUT2D eigenvalue weighted by atomic mass is 10.2. The Balaban J connectivity index is 2.13. The van der Waals surface area contributed by atoms with E-state index in [2.05, 4.69) is 50.0 Å². The molecule has 0 aliphatic heterocycles. The molecule has 0 saturated heterocycles. The third kappa shape index (κ3) is 2.58. The molecule has 0 bridgehead atoms. The van der Waals surface area contributed by atoms with Crippen LogP contribution in [-0.2, 0) is 0 Å². The number of thiophene rings is 1. The average Bonchev–Trinajstić information content (AvgIpc) is 2.74. The second-order valence-electron chi connectivity index (χ2n) is 3.26. The molecular weight excluding hydrogens is 272 g/mol. The standard InChI is InChI=1S/C11H11BrN2S/c1-8(9-4-6-15-7-9)14-11-10(12)3-2-5-13-11/h2-8H,1H3,(H,13,14). The summed E-state index contributed by atoms with van der Waals surface area (Å²) < 4.78 is 0.993. The molecule has 0 radical (unpaired) electrons. The van der Waals surface area contributed by atoms with Gasteiger partial charge < -0.3 is 5.32 Å². The van der Waals surface area contributed by atoms with E-state index in [1.807, 2.05) is 12.1 Å². The van der Waals surface area contributed by atoms with Gasteiger partial charge in [-0.1, -0.05) is 0 Å². The van der Waals surface area contributed by atoms with Crippen LogP contribution in [0.2, 0.25) is 0 Å². The van der Waals surface area contributed by atoms with Crippen molar-refractivity contribution in [3.8, 4) is 0 Å². The van der Waals surface area contributed by atoms with Gasteiger partial charge >= 0.3 is 0 Å². The Morgan fingerprint density at radius 1 is 1.47 bits per heavy atom. The van der Waals surface area contributed by atoms with Gasteiger partial charge in [-0.05, 0) is 57.4 Å². The molecule has 0 aromatic carbocycles. The van der Waals surface area contributed by atoms with Crippen molar-refractivity contribution in [3.63, 3.8) is 0 Å². The highest BCUT2D eigenvalue weighted by atomic mass is 79.9. The van der Waals surface area contributed by atoms with Crippen molar-refractivity contribution in [3.05, 3.63) is 45.2 Å². The average molecular weight is 283 g/mol. The summed E-state index contributed by atoms with van der Waals surface area (Å²) in [6, 6.07) is 6.29. The molecule has 2 aromatic heterocycles. The molecular formula is C11H11BrN2S. The highest BCUT2D eigenvalue weighted by Gasteiger charge is 2.07. The topological polar surface area (TPSA) is 24.9 Å². The van der Waals surface area contributed by atoms with Gasteiger partial charge in [-0.3, -0.25) is 0 Å². The maximum atomic E-state index is 4.27. The van der Waals surface area contributed by atoms with E-state index in [-0.39, 0.29) is 6.04 Å². The third-order valence-corrected chi connectivity index (χ3v) is 3.50. The summed E-state index contributed by atoms with van der Waals surface area (Å²) in [5, 5.41) is 7.59. The lowest BCUT2D eigenvalue weighted by Crippen LogP contribution is -2.07. The quantitative estimate of drug-likeness (QED) is 0.918. The van der Waals surface area contributed by atoms with Crippen LogP contribution in [0.3, 0.4) is 0 Å². The van der Waals surface area contributed by atoms with Crippen molar-refractivity contribution in [1.82, 2.24) is 4.98 Å². The SMILES string of the molecule is CC(Nc1ncccc1Br)c1ccsc1. The lowest BCUT2D eigenvalue weighted by Gasteiger charge is -2.13. The van der Waals surface area contributed by atoms with Crippen LogP contribution in [0.1, 0.15) is 18.5 Å². The van der Waals surface area contributed by atoms with E-state index in [1.165, 1.54) is 5.56 Å². The van der Waals surface area contributed by atoms with Crippen molar-refractivity contribution < 1.29 is 0 Å². The molecule has 2 nitrogen and oxygen atoms in total. The monoisotopic (exact) mass is 282 g/mol. The molecule has 1 unspecified atom stereocenters. The number of hydrogen-bond acceptors (Lipinski definition) is 3. The smallest absolute Gasteiger partial charge is 0.140 e. The maximum absolute atomic E-state index is 4.27. The molecule has 0 saturated carbocycles. The van der Waals surface area contributed by atoms with Gasteiger partial charge in [0.1, 0.15) is 5.82 Å². The number of rotatable bonds is 3. The van der Waals surface area contributed by atoms with E-state index in [4.69, 9.17) is 0 Å². The molecule has 0 spiro atoms. The van der Waals surface area contributed by atoms with Gasteiger partial charge in [0.2, 0.25) is 0 Å². The Bertz CT molecular complexity index is 428. The zero-order valence-corrected chi connectivity index (χ0v) is 10.7. The molecule has 78 valence electrons. The van der Waals surface area contributed by atoms with E-state index in [1.54, 1.807) is 17.5 Å². The Labute approximate surface area is 101 Å². The van der Waals surface area contributed by atoms with Crippen LogP contribution in [0.15, 0.2) is 39.6 Å². The molecule has 15 heavy (non-hydrogen) atoms. The van der Waals surface area contributed by atoms with E-state index in [0.29, 0.717) is 0 Å². The maximum Gasteiger partial charge on any atom is 0.140 e. The molecule has 4 heteroatoms. The number of pyridine rings is 1. The van der Waals surface area contributed by atoms with Crippen molar-refractivity contribution in [1.29, 1.82) is 0 Å². The minimum absolute atomic E-state index is 0.280. The van der Waals surface area contributed by atoms with Gasteiger partial charge in [0, 0.05) is 6.20 Å². The van der Waals surface area contributed by atoms with Crippen LogP contribution in [0.4, 0.5) is 5.82 Å². The molecule has 2 heterocycles. The second-order valence-corrected chi connectivity index (χ2v) is 4.89. The summed E-state index contributed by atoms with van der Waals surface area (Å²) in [6.07, 6.45) is 1.79. The van der Waals surface area contributed by atoms with Gasteiger partial charge in [0.05, 0.1) is 10.5 Å². The number of anilines is 1. The zero-order chi connectivity index (χ0) is 10.7. The van der Waals surface area contributed by atoms with Gasteiger partial charge in [0.15, 0.2) is 0 Å². The van der Waals surface area contributed by atoms with Crippen molar-refractivity contribution in [2.24, 2.45) is 0 Å². The number of halogens is 1. The largest absolute Gasteiger partial charge is 0.363 e. The summed E-state index contributed by atoms with van der Waals surface area (Å²) >= 11 is 5.18. The normalized spacial score (nSPS) is 12.4. The van der Waals surface area contributed by atoms with Gasteiger partial charge in [-0.15, -0.1) is 0 Å². The van der Waals surface area contributed by atoms with Crippen LogP contribution in [-0.4, -0.2) is 4.98 Å². The summed E-state index contributed by atoms with van der Waals surface area (Å²) in [7, 11) is 0. The van der Waals surface area contributed by atoms with E-state index >= 15 is 0 Å². The van der Waals surface area contributed by atoms with E-state index < -0.39 is 0 Å². The molecule has 2 aromatic rings. The minimum atomic E-state index is 0.280. The fourth-order valence-corrected chi connectivity index (χ4v) is 2.43.